The highest BCUT2D eigenvalue weighted by atomic mass is 79.9. The molecular weight excluding hydrogens is 554 g/mol. The van der Waals surface area contributed by atoms with Gasteiger partial charge in [0, 0.05) is 42.1 Å². The first-order valence-corrected chi connectivity index (χ1v) is 13.6. The third kappa shape index (κ3) is 8.68. The van der Waals surface area contributed by atoms with Crippen molar-refractivity contribution in [2.24, 2.45) is 5.92 Å². The molecule has 0 spiro atoms. The van der Waals surface area contributed by atoms with E-state index in [1.54, 1.807) is 4.90 Å². The normalized spacial score (nSPS) is 11.0. The van der Waals surface area contributed by atoms with Gasteiger partial charge in [0.05, 0.1) is 12.2 Å². The zero-order valence-corrected chi connectivity index (χ0v) is 23.7. The Labute approximate surface area is 231 Å². The number of nitrogens with one attached hydrogen (secondary N) is 1. The minimum Gasteiger partial charge on any atom is -0.345 e. The number of unbranched alkanes of at least 4 members (excludes halogenated alkanes) is 1. The number of hydrogen-bond donors (Lipinski definition) is 1. The van der Waals surface area contributed by atoms with Crippen LogP contribution in [0.1, 0.15) is 44.9 Å². The number of amides is 3. The van der Waals surface area contributed by atoms with Crippen LogP contribution in [0.25, 0.3) is 0 Å². The van der Waals surface area contributed by atoms with Crippen molar-refractivity contribution in [1.82, 2.24) is 14.4 Å². The predicted molar refractivity (Wildman–Crippen MR) is 150 cm³/mol. The summed E-state index contributed by atoms with van der Waals surface area (Å²) in [5.74, 6) is -1.71. The Morgan fingerprint density at radius 1 is 1.05 bits per heavy atom. The highest BCUT2D eigenvalue weighted by molar-refractivity contribution is 9.10. The number of hydrogen-bond acceptors (Lipinski definition) is 2. The number of carbonyl (C=O) groups excluding carboxylic acids is 2. The van der Waals surface area contributed by atoms with Crippen molar-refractivity contribution in [3.8, 4) is 0 Å². The van der Waals surface area contributed by atoms with Crippen LogP contribution in [-0.4, -0.2) is 45.9 Å². The summed E-state index contributed by atoms with van der Waals surface area (Å²) in [5, 5.41) is 2.48. The SMILES string of the molecule is CCCCN(Cc1cccn1Cc1ccc(Br)cc1)C(=O)CN(CC(C)C)C(=O)Nc1ccc(F)cc1F. The molecule has 3 aromatic rings. The summed E-state index contributed by atoms with van der Waals surface area (Å²) < 4.78 is 30.6. The molecule has 1 N–H and O–H groups in total. The number of rotatable bonds is 12. The standard InChI is InChI=1S/C29H35BrF2N4O2/c1-4-5-14-35(19-25-7-6-15-34(25)18-22-8-10-23(30)11-9-22)28(37)20-36(17-21(2)3)29(38)33-27-13-12-24(31)16-26(27)32/h6-13,15-16,21H,4-5,14,17-20H2,1-3H3,(H,33,38). The van der Waals surface area contributed by atoms with Crippen molar-refractivity contribution >= 4 is 33.6 Å². The molecule has 9 heteroatoms. The van der Waals surface area contributed by atoms with Crippen LogP contribution in [0.3, 0.4) is 0 Å². The molecule has 0 aliphatic heterocycles. The van der Waals surface area contributed by atoms with E-state index in [1.165, 1.54) is 11.0 Å². The highest BCUT2D eigenvalue weighted by Crippen LogP contribution is 2.17. The van der Waals surface area contributed by atoms with E-state index in [0.29, 0.717) is 32.2 Å². The molecule has 0 fully saturated rings. The third-order valence-corrected chi connectivity index (χ3v) is 6.58. The maximum atomic E-state index is 14.1. The summed E-state index contributed by atoms with van der Waals surface area (Å²) in [7, 11) is 0. The maximum Gasteiger partial charge on any atom is 0.322 e. The van der Waals surface area contributed by atoms with Gasteiger partial charge in [0.25, 0.3) is 0 Å². The zero-order valence-electron chi connectivity index (χ0n) is 22.1. The smallest absolute Gasteiger partial charge is 0.322 e. The Morgan fingerprint density at radius 2 is 1.79 bits per heavy atom. The Kier molecular flexibility index (Phi) is 10.9. The van der Waals surface area contributed by atoms with Gasteiger partial charge in [-0.15, -0.1) is 0 Å². The van der Waals surface area contributed by atoms with Gasteiger partial charge in [-0.25, -0.2) is 13.6 Å². The maximum absolute atomic E-state index is 14.1. The molecular formula is C29H35BrF2N4O2. The Bertz CT molecular complexity index is 1210. The Hall–Kier alpha value is -3.20. The predicted octanol–water partition coefficient (Wildman–Crippen LogP) is 6.90. The largest absolute Gasteiger partial charge is 0.345 e. The summed E-state index contributed by atoms with van der Waals surface area (Å²) in [6.45, 7) is 7.74. The summed E-state index contributed by atoms with van der Waals surface area (Å²) in [6, 6.07) is 14.4. The van der Waals surface area contributed by atoms with Crippen LogP contribution in [0.4, 0.5) is 19.3 Å². The van der Waals surface area contributed by atoms with Crippen LogP contribution in [0.15, 0.2) is 65.3 Å². The van der Waals surface area contributed by atoms with Crippen molar-refractivity contribution in [1.29, 1.82) is 0 Å². The second kappa shape index (κ2) is 14.1. The van der Waals surface area contributed by atoms with E-state index in [4.69, 9.17) is 0 Å². The molecule has 0 aliphatic rings. The highest BCUT2D eigenvalue weighted by Gasteiger charge is 2.23. The first kappa shape index (κ1) is 29.4. The van der Waals surface area contributed by atoms with Crippen molar-refractivity contribution in [2.75, 3.05) is 25.0 Å². The van der Waals surface area contributed by atoms with E-state index >= 15 is 0 Å². The minimum atomic E-state index is -0.870. The number of aromatic nitrogens is 1. The summed E-state index contributed by atoms with van der Waals surface area (Å²) in [5.41, 5.74) is 2.00. The molecule has 6 nitrogen and oxygen atoms in total. The van der Waals surface area contributed by atoms with E-state index in [1.807, 2.05) is 44.3 Å². The molecule has 0 unspecified atom stereocenters. The van der Waals surface area contributed by atoms with Gasteiger partial charge in [0.2, 0.25) is 5.91 Å². The Morgan fingerprint density at radius 3 is 2.45 bits per heavy atom. The molecule has 1 heterocycles. The van der Waals surface area contributed by atoms with E-state index in [2.05, 4.69) is 44.9 Å². The second-order valence-electron chi connectivity index (χ2n) is 9.75. The number of anilines is 1. The molecule has 1 aromatic heterocycles. The van der Waals surface area contributed by atoms with Gasteiger partial charge in [-0.2, -0.15) is 0 Å². The number of halogens is 3. The molecule has 0 aliphatic carbocycles. The monoisotopic (exact) mass is 588 g/mol. The van der Waals surface area contributed by atoms with Gasteiger partial charge in [-0.1, -0.05) is 55.3 Å². The van der Waals surface area contributed by atoms with Crippen LogP contribution in [0, 0.1) is 17.6 Å². The van der Waals surface area contributed by atoms with Crippen molar-refractivity contribution < 1.29 is 18.4 Å². The molecule has 3 rings (SSSR count). The van der Waals surface area contributed by atoms with Crippen molar-refractivity contribution in [3.05, 3.63) is 88.2 Å². The number of benzene rings is 2. The quantitative estimate of drug-likeness (QED) is 0.250. The fraction of sp³-hybridized carbons (Fsp3) is 0.379. The summed E-state index contributed by atoms with van der Waals surface area (Å²) in [6.07, 6.45) is 3.75. The van der Waals surface area contributed by atoms with Crippen LogP contribution in [0.2, 0.25) is 0 Å². The topological polar surface area (TPSA) is 57.6 Å². The van der Waals surface area contributed by atoms with E-state index in [9.17, 15) is 18.4 Å². The number of urea groups is 1. The lowest BCUT2D eigenvalue weighted by Gasteiger charge is -2.29. The van der Waals surface area contributed by atoms with E-state index < -0.39 is 17.7 Å². The van der Waals surface area contributed by atoms with E-state index in [-0.39, 0.29) is 24.1 Å². The lowest BCUT2D eigenvalue weighted by molar-refractivity contribution is -0.132. The third-order valence-electron chi connectivity index (χ3n) is 6.05. The van der Waals surface area contributed by atoms with Crippen LogP contribution >= 0.6 is 15.9 Å². The van der Waals surface area contributed by atoms with Gasteiger partial charge >= 0.3 is 6.03 Å². The second-order valence-corrected chi connectivity index (χ2v) is 10.7. The van der Waals surface area contributed by atoms with E-state index in [0.717, 1.165) is 34.6 Å². The fourth-order valence-corrected chi connectivity index (χ4v) is 4.34. The number of carbonyl (C=O) groups is 2. The molecule has 3 amide bonds. The summed E-state index contributed by atoms with van der Waals surface area (Å²) in [4.78, 5) is 29.7. The van der Waals surface area contributed by atoms with Crippen molar-refractivity contribution in [2.45, 2.75) is 46.7 Å². The molecule has 38 heavy (non-hydrogen) atoms. The van der Waals surface area contributed by atoms with Crippen LogP contribution in [-0.2, 0) is 17.9 Å². The van der Waals surface area contributed by atoms with Gasteiger partial charge in [-0.3, -0.25) is 4.79 Å². The molecule has 2 aromatic carbocycles. The lowest BCUT2D eigenvalue weighted by atomic mass is 10.2. The van der Waals surface area contributed by atoms with Crippen LogP contribution < -0.4 is 5.32 Å². The van der Waals surface area contributed by atoms with Crippen LogP contribution in [0.5, 0.6) is 0 Å². The molecule has 0 saturated heterocycles. The zero-order chi connectivity index (χ0) is 27.7. The minimum absolute atomic E-state index is 0.0823. The fourth-order valence-electron chi connectivity index (χ4n) is 4.08. The first-order valence-electron chi connectivity index (χ1n) is 12.8. The van der Waals surface area contributed by atoms with Gasteiger partial charge in [0.1, 0.15) is 18.2 Å². The molecule has 0 saturated carbocycles. The summed E-state index contributed by atoms with van der Waals surface area (Å²) >= 11 is 3.46. The Balaban J connectivity index is 1.74. The molecule has 0 radical (unpaired) electrons. The van der Waals surface area contributed by atoms with Gasteiger partial charge in [0.15, 0.2) is 0 Å². The molecule has 204 valence electrons. The first-order chi connectivity index (χ1) is 18.2. The average molecular weight is 590 g/mol. The molecule has 0 bridgehead atoms. The van der Waals surface area contributed by atoms with Crippen molar-refractivity contribution in [3.63, 3.8) is 0 Å². The molecule has 0 atom stereocenters. The van der Waals surface area contributed by atoms with Gasteiger partial charge < -0.3 is 19.7 Å². The average Bonchev–Trinajstić information content (AvgIpc) is 3.30. The lowest BCUT2D eigenvalue weighted by Crippen LogP contribution is -2.46. The number of nitrogens with zero attached hydrogens (tertiary/aromatic N) is 3. The van der Waals surface area contributed by atoms with Gasteiger partial charge in [-0.05, 0) is 54.3 Å².